The molecule has 0 atom stereocenters. The third-order valence-corrected chi connectivity index (χ3v) is 4.46. The molecular weight excluding hydrogens is 330 g/mol. The standard InChI is InChI=1S/C20H25N3O3/c1-4-26-17-7-5-15(13-14(17)2)20-16(6-8-19(22-20)25-3)23-11-9-18(24)21-10-12-23/h5-8,13H,4,9-12H2,1-3H3,(H,21,24). The van der Waals surface area contributed by atoms with E-state index in [2.05, 4.69) is 16.3 Å². The van der Waals surface area contributed by atoms with Gasteiger partial charge in [-0.25, -0.2) is 4.98 Å². The van der Waals surface area contributed by atoms with Crippen molar-refractivity contribution in [1.29, 1.82) is 0 Å². The average molecular weight is 355 g/mol. The number of aryl methyl sites for hydroxylation is 1. The van der Waals surface area contributed by atoms with Crippen LogP contribution < -0.4 is 19.7 Å². The quantitative estimate of drug-likeness (QED) is 0.893. The molecule has 6 heteroatoms. The molecule has 2 heterocycles. The number of anilines is 1. The summed E-state index contributed by atoms with van der Waals surface area (Å²) in [6.07, 6.45) is 0.480. The Balaban J connectivity index is 2.01. The Morgan fingerprint density at radius 1 is 1.23 bits per heavy atom. The van der Waals surface area contributed by atoms with Crippen LogP contribution in [0.5, 0.6) is 11.6 Å². The Morgan fingerprint density at radius 3 is 2.81 bits per heavy atom. The fraction of sp³-hybridized carbons (Fsp3) is 0.400. The number of nitrogens with one attached hydrogen (secondary N) is 1. The largest absolute Gasteiger partial charge is 0.494 e. The summed E-state index contributed by atoms with van der Waals surface area (Å²) in [5, 5.41) is 2.91. The number of rotatable bonds is 5. The molecule has 2 aromatic rings. The first-order valence-corrected chi connectivity index (χ1v) is 8.93. The van der Waals surface area contributed by atoms with Crippen molar-refractivity contribution in [2.45, 2.75) is 20.3 Å². The summed E-state index contributed by atoms with van der Waals surface area (Å²) in [5.41, 5.74) is 3.92. The molecule has 0 saturated carbocycles. The molecule has 0 spiro atoms. The van der Waals surface area contributed by atoms with Gasteiger partial charge in [0.1, 0.15) is 5.75 Å². The molecule has 0 aliphatic carbocycles. The van der Waals surface area contributed by atoms with E-state index in [0.29, 0.717) is 32.0 Å². The summed E-state index contributed by atoms with van der Waals surface area (Å²) >= 11 is 0. The second-order valence-electron chi connectivity index (χ2n) is 6.22. The SMILES string of the molecule is CCOc1ccc(-c2nc(OC)ccc2N2CCNC(=O)CC2)cc1C. The molecule has 1 saturated heterocycles. The number of aromatic nitrogens is 1. The lowest BCUT2D eigenvalue weighted by Gasteiger charge is -2.25. The van der Waals surface area contributed by atoms with Gasteiger partial charge in [0.15, 0.2) is 0 Å². The van der Waals surface area contributed by atoms with E-state index in [1.54, 1.807) is 7.11 Å². The highest BCUT2D eigenvalue weighted by atomic mass is 16.5. The minimum atomic E-state index is 0.0902. The van der Waals surface area contributed by atoms with Gasteiger partial charge < -0.3 is 19.7 Å². The van der Waals surface area contributed by atoms with Crippen LogP contribution >= 0.6 is 0 Å². The molecule has 0 bridgehead atoms. The summed E-state index contributed by atoms with van der Waals surface area (Å²) in [6, 6.07) is 9.96. The highest BCUT2D eigenvalue weighted by molar-refractivity contribution is 5.80. The van der Waals surface area contributed by atoms with Crippen LogP contribution in [0.2, 0.25) is 0 Å². The Labute approximate surface area is 154 Å². The van der Waals surface area contributed by atoms with Crippen molar-refractivity contribution in [2.75, 3.05) is 38.3 Å². The van der Waals surface area contributed by atoms with Crippen molar-refractivity contribution in [3.8, 4) is 22.9 Å². The Hall–Kier alpha value is -2.76. The van der Waals surface area contributed by atoms with Crippen molar-refractivity contribution < 1.29 is 14.3 Å². The van der Waals surface area contributed by atoms with Crippen LogP contribution in [0.1, 0.15) is 18.9 Å². The van der Waals surface area contributed by atoms with E-state index in [1.165, 1.54) is 0 Å². The first kappa shape index (κ1) is 18.0. The molecule has 0 unspecified atom stereocenters. The molecular formula is C20H25N3O3. The summed E-state index contributed by atoms with van der Waals surface area (Å²) in [5.74, 6) is 1.54. The van der Waals surface area contributed by atoms with Gasteiger partial charge in [0, 0.05) is 37.7 Å². The molecule has 1 aliphatic heterocycles. The number of carbonyl (C=O) groups excluding carboxylic acids is 1. The van der Waals surface area contributed by atoms with Crippen LogP contribution in [0.4, 0.5) is 5.69 Å². The van der Waals surface area contributed by atoms with Crippen LogP contribution in [-0.2, 0) is 4.79 Å². The summed E-state index contributed by atoms with van der Waals surface area (Å²) in [7, 11) is 1.61. The van der Waals surface area contributed by atoms with Crippen LogP contribution in [-0.4, -0.2) is 44.2 Å². The zero-order valence-electron chi connectivity index (χ0n) is 15.5. The number of amides is 1. The molecule has 138 valence electrons. The van der Waals surface area contributed by atoms with Crippen LogP contribution in [0.3, 0.4) is 0 Å². The average Bonchev–Trinajstić information content (AvgIpc) is 2.87. The third-order valence-electron chi connectivity index (χ3n) is 4.46. The number of carbonyl (C=O) groups is 1. The van der Waals surface area contributed by atoms with Gasteiger partial charge in [-0.05, 0) is 43.7 Å². The maximum atomic E-state index is 11.7. The molecule has 1 N–H and O–H groups in total. The number of hydrogen-bond acceptors (Lipinski definition) is 5. The lowest BCUT2D eigenvalue weighted by Crippen LogP contribution is -2.28. The van der Waals surface area contributed by atoms with Crippen LogP contribution in [0, 0.1) is 6.92 Å². The Kier molecular flexibility index (Phi) is 5.61. The maximum absolute atomic E-state index is 11.7. The van der Waals surface area contributed by atoms with Gasteiger partial charge in [-0.15, -0.1) is 0 Å². The zero-order valence-corrected chi connectivity index (χ0v) is 15.5. The Bertz CT molecular complexity index is 792. The minimum absolute atomic E-state index is 0.0902. The summed E-state index contributed by atoms with van der Waals surface area (Å²) < 4.78 is 11.0. The maximum Gasteiger partial charge on any atom is 0.221 e. The van der Waals surface area contributed by atoms with Gasteiger partial charge in [-0.1, -0.05) is 0 Å². The predicted octanol–water partition coefficient (Wildman–Crippen LogP) is 2.79. The molecule has 1 aliphatic rings. The normalized spacial score (nSPS) is 14.6. The molecule has 0 radical (unpaired) electrons. The van der Waals surface area contributed by atoms with E-state index < -0.39 is 0 Å². The van der Waals surface area contributed by atoms with Gasteiger partial charge >= 0.3 is 0 Å². The summed E-state index contributed by atoms with van der Waals surface area (Å²) in [6.45, 7) is 6.70. The second-order valence-corrected chi connectivity index (χ2v) is 6.22. The van der Waals surface area contributed by atoms with Gasteiger partial charge in [-0.3, -0.25) is 4.79 Å². The van der Waals surface area contributed by atoms with E-state index in [9.17, 15) is 4.79 Å². The lowest BCUT2D eigenvalue weighted by molar-refractivity contribution is -0.120. The van der Waals surface area contributed by atoms with Crippen molar-refractivity contribution in [3.63, 3.8) is 0 Å². The molecule has 6 nitrogen and oxygen atoms in total. The smallest absolute Gasteiger partial charge is 0.221 e. The van der Waals surface area contributed by atoms with Crippen molar-refractivity contribution >= 4 is 11.6 Å². The van der Waals surface area contributed by atoms with Crippen molar-refractivity contribution in [3.05, 3.63) is 35.9 Å². The zero-order chi connectivity index (χ0) is 18.5. The first-order valence-electron chi connectivity index (χ1n) is 8.93. The minimum Gasteiger partial charge on any atom is -0.494 e. The van der Waals surface area contributed by atoms with E-state index in [0.717, 1.165) is 34.8 Å². The molecule has 26 heavy (non-hydrogen) atoms. The highest BCUT2D eigenvalue weighted by Gasteiger charge is 2.19. The third kappa shape index (κ3) is 3.90. The van der Waals surface area contributed by atoms with Gasteiger partial charge in [-0.2, -0.15) is 0 Å². The van der Waals surface area contributed by atoms with E-state index >= 15 is 0 Å². The fourth-order valence-electron chi connectivity index (χ4n) is 3.14. The van der Waals surface area contributed by atoms with Crippen LogP contribution in [0.25, 0.3) is 11.3 Å². The molecule has 1 amide bonds. The number of ether oxygens (including phenoxy) is 2. The van der Waals surface area contributed by atoms with Gasteiger partial charge in [0.25, 0.3) is 0 Å². The van der Waals surface area contributed by atoms with Crippen molar-refractivity contribution in [1.82, 2.24) is 10.3 Å². The van der Waals surface area contributed by atoms with Crippen molar-refractivity contribution in [2.24, 2.45) is 0 Å². The predicted molar refractivity (Wildman–Crippen MR) is 102 cm³/mol. The second kappa shape index (κ2) is 8.08. The lowest BCUT2D eigenvalue weighted by atomic mass is 10.1. The van der Waals surface area contributed by atoms with Crippen LogP contribution in [0.15, 0.2) is 30.3 Å². The Morgan fingerprint density at radius 2 is 2.08 bits per heavy atom. The van der Waals surface area contributed by atoms with Gasteiger partial charge in [0.2, 0.25) is 11.8 Å². The summed E-state index contributed by atoms with van der Waals surface area (Å²) in [4.78, 5) is 18.6. The molecule has 1 fully saturated rings. The number of nitrogens with zero attached hydrogens (tertiary/aromatic N) is 2. The topological polar surface area (TPSA) is 63.7 Å². The van der Waals surface area contributed by atoms with Gasteiger partial charge in [0.05, 0.1) is 25.1 Å². The number of benzene rings is 1. The van der Waals surface area contributed by atoms with E-state index in [1.807, 2.05) is 38.1 Å². The highest BCUT2D eigenvalue weighted by Crippen LogP contribution is 2.34. The number of pyridine rings is 1. The fourth-order valence-corrected chi connectivity index (χ4v) is 3.14. The van der Waals surface area contributed by atoms with E-state index in [4.69, 9.17) is 14.5 Å². The molecule has 3 rings (SSSR count). The monoisotopic (exact) mass is 355 g/mol. The van der Waals surface area contributed by atoms with E-state index in [-0.39, 0.29) is 5.91 Å². The first-order chi connectivity index (χ1) is 12.6. The number of hydrogen-bond donors (Lipinski definition) is 1. The molecule has 1 aromatic carbocycles. The molecule has 1 aromatic heterocycles. The number of methoxy groups -OCH3 is 1.